The predicted octanol–water partition coefficient (Wildman–Crippen LogP) is 1.43. The molecular formula is C12H18N2O2. The molecule has 0 aliphatic heterocycles. The number of carbonyl (C=O) groups is 1. The molecule has 1 aromatic rings. The highest BCUT2D eigenvalue weighted by atomic mass is 16.5. The number of unbranched alkanes of at least 4 members (excludes halogenated alkanes) is 1. The van der Waals surface area contributed by atoms with Crippen molar-refractivity contribution < 1.29 is 9.53 Å². The standard InChI is InChI=1S/C12H18N2O2/c1-16-9-5-4-8-14-12(15)10-6-2-3-7-11(10)13/h2-3,6-7H,4-5,8-9,13H2,1H3,(H,14,15). The van der Waals surface area contributed by atoms with Crippen LogP contribution < -0.4 is 11.1 Å². The van der Waals surface area contributed by atoms with E-state index in [4.69, 9.17) is 10.5 Å². The molecule has 1 amide bonds. The van der Waals surface area contributed by atoms with Crippen LogP contribution in [0.2, 0.25) is 0 Å². The van der Waals surface area contributed by atoms with Gasteiger partial charge in [-0.2, -0.15) is 0 Å². The lowest BCUT2D eigenvalue weighted by Gasteiger charge is -2.06. The van der Waals surface area contributed by atoms with Gasteiger partial charge in [-0.1, -0.05) is 12.1 Å². The summed E-state index contributed by atoms with van der Waals surface area (Å²) < 4.78 is 4.92. The number of methoxy groups -OCH3 is 1. The van der Waals surface area contributed by atoms with Gasteiger partial charge in [-0.05, 0) is 25.0 Å². The number of amides is 1. The van der Waals surface area contributed by atoms with Crippen LogP contribution in [-0.4, -0.2) is 26.2 Å². The molecule has 0 radical (unpaired) electrons. The van der Waals surface area contributed by atoms with Crippen molar-refractivity contribution >= 4 is 11.6 Å². The molecule has 4 nitrogen and oxygen atoms in total. The molecule has 3 N–H and O–H groups in total. The fourth-order valence-electron chi connectivity index (χ4n) is 1.37. The molecule has 0 atom stereocenters. The molecule has 0 spiro atoms. The van der Waals surface area contributed by atoms with Crippen LogP contribution in [0.1, 0.15) is 23.2 Å². The number of hydrogen-bond acceptors (Lipinski definition) is 3. The van der Waals surface area contributed by atoms with E-state index in [0.717, 1.165) is 19.4 Å². The van der Waals surface area contributed by atoms with E-state index in [1.54, 1.807) is 25.3 Å². The Morgan fingerprint density at radius 1 is 1.38 bits per heavy atom. The van der Waals surface area contributed by atoms with E-state index in [9.17, 15) is 4.79 Å². The van der Waals surface area contributed by atoms with Gasteiger partial charge in [-0.15, -0.1) is 0 Å². The first-order chi connectivity index (χ1) is 7.75. The normalized spacial score (nSPS) is 10.1. The van der Waals surface area contributed by atoms with Crippen molar-refractivity contribution in [2.45, 2.75) is 12.8 Å². The van der Waals surface area contributed by atoms with Gasteiger partial charge in [0.15, 0.2) is 0 Å². The van der Waals surface area contributed by atoms with E-state index in [1.165, 1.54) is 0 Å². The maximum absolute atomic E-state index is 11.7. The average Bonchev–Trinajstić information content (AvgIpc) is 2.29. The van der Waals surface area contributed by atoms with E-state index < -0.39 is 0 Å². The number of rotatable bonds is 6. The van der Waals surface area contributed by atoms with Crippen LogP contribution in [0.15, 0.2) is 24.3 Å². The minimum Gasteiger partial charge on any atom is -0.398 e. The van der Waals surface area contributed by atoms with Crippen molar-refractivity contribution in [3.8, 4) is 0 Å². The lowest BCUT2D eigenvalue weighted by molar-refractivity contribution is 0.0952. The number of ether oxygens (including phenoxy) is 1. The zero-order chi connectivity index (χ0) is 11.8. The number of nitrogen functional groups attached to an aromatic ring is 1. The van der Waals surface area contributed by atoms with Crippen molar-refractivity contribution in [2.24, 2.45) is 0 Å². The largest absolute Gasteiger partial charge is 0.398 e. The van der Waals surface area contributed by atoms with Crippen LogP contribution in [0.3, 0.4) is 0 Å². The van der Waals surface area contributed by atoms with Crippen molar-refractivity contribution in [3.63, 3.8) is 0 Å². The second-order valence-electron chi connectivity index (χ2n) is 3.54. The molecule has 88 valence electrons. The van der Waals surface area contributed by atoms with Gasteiger partial charge >= 0.3 is 0 Å². The van der Waals surface area contributed by atoms with Gasteiger partial charge in [-0.3, -0.25) is 4.79 Å². The van der Waals surface area contributed by atoms with Gasteiger partial charge in [-0.25, -0.2) is 0 Å². The lowest BCUT2D eigenvalue weighted by atomic mass is 10.1. The summed E-state index contributed by atoms with van der Waals surface area (Å²) in [6.45, 7) is 1.37. The Bertz CT molecular complexity index is 340. The minimum absolute atomic E-state index is 0.115. The summed E-state index contributed by atoms with van der Waals surface area (Å²) in [5.74, 6) is -0.115. The van der Waals surface area contributed by atoms with E-state index in [2.05, 4.69) is 5.32 Å². The topological polar surface area (TPSA) is 64.3 Å². The monoisotopic (exact) mass is 222 g/mol. The van der Waals surface area contributed by atoms with Crippen LogP contribution >= 0.6 is 0 Å². The van der Waals surface area contributed by atoms with Gasteiger partial charge in [0.05, 0.1) is 5.56 Å². The molecule has 0 fully saturated rings. The highest BCUT2D eigenvalue weighted by Crippen LogP contribution is 2.09. The van der Waals surface area contributed by atoms with Crippen molar-refractivity contribution in [1.82, 2.24) is 5.32 Å². The zero-order valence-corrected chi connectivity index (χ0v) is 9.53. The summed E-state index contributed by atoms with van der Waals surface area (Å²) in [5, 5.41) is 2.82. The summed E-state index contributed by atoms with van der Waals surface area (Å²) in [5.41, 5.74) is 6.74. The quantitative estimate of drug-likeness (QED) is 0.565. The average molecular weight is 222 g/mol. The minimum atomic E-state index is -0.115. The molecule has 0 saturated heterocycles. The molecule has 4 heteroatoms. The molecule has 1 aromatic carbocycles. The number of nitrogens with two attached hydrogens (primary N) is 1. The highest BCUT2D eigenvalue weighted by Gasteiger charge is 2.07. The van der Waals surface area contributed by atoms with Crippen LogP contribution in [0.25, 0.3) is 0 Å². The van der Waals surface area contributed by atoms with Crippen molar-refractivity contribution in [3.05, 3.63) is 29.8 Å². The third kappa shape index (κ3) is 3.90. The molecule has 0 bridgehead atoms. The van der Waals surface area contributed by atoms with Gasteiger partial charge in [0.25, 0.3) is 5.91 Å². The summed E-state index contributed by atoms with van der Waals surface area (Å²) >= 11 is 0. The van der Waals surface area contributed by atoms with Gasteiger partial charge in [0, 0.05) is 25.9 Å². The smallest absolute Gasteiger partial charge is 0.253 e. The Labute approximate surface area is 95.8 Å². The first-order valence-corrected chi connectivity index (χ1v) is 5.37. The first kappa shape index (κ1) is 12.5. The Balaban J connectivity index is 2.33. The number of benzene rings is 1. The Morgan fingerprint density at radius 3 is 2.81 bits per heavy atom. The summed E-state index contributed by atoms with van der Waals surface area (Å²) in [6.07, 6.45) is 1.85. The van der Waals surface area contributed by atoms with Crippen LogP contribution in [-0.2, 0) is 4.74 Å². The Kier molecular flexibility index (Phi) is 5.36. The van der Waals surface area contributed by atoms with Crippen LogP contribution in [0.4, 0.5) is 5.69 Å². The highest BCUT2D eigenvalue weighted by molar-refractivity contribution is 5.98. The van der Waals surface area contributed by atoms with Crippen LogP contribution in [0, 0.1) is 0 Å². The Morgan fingerprint density at radius 2 is 2.12 bits per heavy atom. The molecule has 0 unspecified atom stereocenters. The molecule has 0 aliphatic rings. The molecule has 0 heterocycles. The van der Waals surface area contributed by atoms with Crippen molar-refractivity contribution in [1.29, 1.82) is 0 Å². The molecule has 0 aromatic heterocycles. The molecular weight excluding hydrogens is 204 g/mol. The second kappa shape index (κ2) is 6.85. The third-order valence-corrected chi connectivity index (χ3v) is 2.27. The number of hydrogen-bond donors (Lipinski definition) is 2. The molecule has 1 rings (SSSR count). The molecule has 0 saturated carbocycles. The molecule has 16 heavy (non-hydrogen) atoms. The molecule has 0 aliphatic carbocycles. The van der Waals surface area contributed by atoms with E-state index in [0.29, 0.717) is 17.8 Å². The van der Waals surface area contributed by atoms with E-state index in [1.807, 2.05) is 6.07 Å². The zero-order valence-electron chi connectivity index (χ0n) is 9.53. The third-order valence-electron chi connectivity index (χ3n) is 2.27. The fourth-order valence-corrected chi connectivity index (χ4v) is 1.37. The van der Waals surface area contributed by atoms with Gasteiger partial charge in [0.2, 0.25) is 0 Å². The summed E-state index contributed by atoms with van der Waals surface area (Å²) in [7, 11) is 1.67. The Hall–Kier alpha value is -1.55. The number of anilines is 1. The number of nitrogens with one attached hydrogen (secondary N) is 1. The second-order valence-corrected chi connectivity index (χ2v) is 3.54. The maximum Gasteiger partial charge on any atom is 0.253 e. The summed E-state index contributed by atoms with van der Waals surface area (Å²) in [4.78, 5) is 11.7. The van der Waals surface area contributed by atoms with E-state index >= 15 is 0 Å². The maximum atomic E-state index is 11.7. The summed E-state index contributed by atoms with van der Waals surface area (Å²) in [6, 6.07) is 7.06. The number of para-hydroxylation sites is 1. The predicted molar refractivity (Wildman–Crippen MR) is 64.3 cm³/mol. The lowest BCUT2D eigenvalue weighted by Crippen LogP contribution is -2.25. The van der Waals surface area contributed by atoms with Gasteiger partial charge in [0.1, 0.15) is 0 Å². The SMILES string of the molecule is COCCCCNC(=O)c1ccccc1N. The van der Waals surface area contributed by atoms with Gasteiger partial charge < -0.3 is 15.8 Å². The fraction of sp³-hybridized carbons (Fsp3) is 0.417. The van der Waals surface area contributed by atoms with E-state index in [-0.39, 0.29) is 5.91 Å². The number of carbonyl (C=O) groups excluding carboxylic acids is 1. The van der Waals surface area contributed by atoms with Crippen molar-refractivity contribution in [2.75, 3.05) is 26.0 Å². The van der Waals surface area contributed by atoms with Crippen LogP contribution in [0.5, 0.6) is 0 Å². The first-order valence-electron chi connectivity index (χ1n) is 5.37.